The van der Waals surface area contributed by atoms with Crippen molar-refractivity contribution in [2.75, 3.05) is 24.6 Å². The molecule has 0 aromatic carbocycles. The van der Waals surface area contributed by atoms with Crippen LogP contribution in [0.4, 0.5) is 10.6 Å². The van der Waals surface area contributed by atoms with Gasteiger partial charge in [-0.15, -0.1) is 0 Å². The zero-order chi connectivity index (χ0) is 16.9. The van der Waals surface area contributed by atoms with Gasteiger partial charge < -0.3 is 20.6 Å². The predicted octanol–water partition coefficient (Wildman–Crippen LogP) is 1.60. The van der Waals surface area contributed by atoms with E-state index in [1.165, 1.54) is 0 Å². The fraction of sp³-hybridized carbons (Fsp3) is 0.556. The first-order chi connectivity index (χ1) is 11.6. The number of aliphatic hydroxyl groups is 1. The molecule has 130 valence electrons. The van der Waals surface area contributed by atoms with Crippen LogP contribution in [0.3, 0.4) is 0 Å². The normalized spacial score (nSPS) is 24.2. The average Bonchev–Trinajstić information content (AvgIpc) is 3.04. The summed E-state index contributed by atoms with van der Waals surface area (Å²) in [4.78, 5) is 18.8. The fourth-order valence-electron chi connectivity index (χ4n) is 3.31. The molecule has 3 rings (SSSR count). The van der Waals surface area contributed by atoms with Gasteiger partial charge in [-0.3, -0.25) is 0 Å². The van der Waals surface area contributed by atoms with Crippen LogP contribution in [0.5, 0.6) is 0 Å². The molecular weight excluding hydrogens is 304 g/mol. The Morgan fingerprint density at radius 3 is 2.71 bits per heavy atom. The van der Waals surface area contributed by atoms with Gasteiger partial charge in [0.25, 0.3) is 0 Å². The molecule has 1 aromatic rings. The number of rotatable bonds is 4. The molecule has 0 unspecified atom stereocenters. The number of urea groups is 1. The van der Waals surface area contributed by atoms with Gasteiger partial charge in [0.1, 0.15) is 5.82 Å². The van der Waals surface area contributed by atoms with Crippen LogP contribution >= 0.6 is 0 Å². The van der Waals surface area contributed by atoms with Gasteiger partial charge in [-0.1, -0.05) is 18.2 Å². The minimum atomic E-state index is -0.116. The molecule has 0 bridgehead atoms. The van der Waals surface area contributed by atoms with Crippen LogP contribution in [-0.2, 0) is 0 Å². The summed E-state index contributed by atoms with van der Waals surface area (Å²) < 4.78 is 0. The van der Waals surface area contributed by atoms with Crippen molar-refractivity contribution in [1.82, 2.24) is 15.6 Å². The maximum Gasteiger partial charge on any atom is 0.315 e. The molecule has 0 radical (unpaired) electrons. The number of aromatic nitrogens is 1. The van der Waals surface area contributed by atoms with Gasteiger partial charge in [0.05, 0.1) is 0 Å². The summed E-state index contributed by atoms with van der Waals surface area (Å²) in [5.41, 5.74) is 1.16. The van der Waals surface area contributed by atoms with E-state index in [1.54, 1.807) is 0 Å². The minimum Gasteiger partial charge on any atom is -0.396 e. The van der Waals surface area contributed by atoms with E-state index in [2.05, 4.69) is 32.7 Å². The van der Waals surface area contributed by atoms with Crippen molar-refractivity contribution in [2.24, 2.45) is 5.92 Å². The Balaban J connectivity index is 1.41. The molecule has 2 atom stereocenters. The zero-order valence-electron chi connectivity index (χ0n) is 14.1. The Morgan fingerprint density at radius 1 is 1.29 bits per heavy atom. The molecule has 24 heavy (non-hydrogen) atoms. The number of hydrogen-bond donors (Lipinski definition) is 3. The van der Waals surface area contributed by atoms with Crippen molar-refractivity contribution in [1.29, 1.82) is 0 Å². The van der Waals surface area contributed by atoms with Crippen LogP contribution in [0.15, 0.2) is 30.5 Å². The molecule has 3 N–H and O–H groups in total. The van der Waals surface area contributed by atoms with Crippen molar-refractivity contribution in [3.63, 3.8) is 0 Å². The lowest BCUT2D eigenvalue weighted by molar-refractivity contribution is 0.226. The van der Waals surface area contributed by atoms with Crippen molar-refractivity contribution in [3.05, 3.63) is 36.0 Å². The second-order valence-electron chi connectivity index (χ2n) is 6.74. The maximum absolute atomic E-state index is 12.1. The first kappa shape index (κ1) is 16.8. The minimum absolute atomic E-state index is 0.0268. The van der Waals surface area contributed by atoms with Crippen LogP contribution in [0.2, 0.25) is 0 Å². The number of aliphatic hydroxyl groups excluding tert-OH is 1. The standard InChI is InChI=1S/C18H26N4O2/c1-13-2-5-17(19-11-13)22-8-6-15(7-9-22)20-18(24)21-16-4-3-14(10-16)12-23/h2-5,11,14-16,23H,6-10,12H2,1H3,(H2,20,21,24)/t14-,16+/m0/s1. The number of anilines is 1. The molecule has 1 saturated heterocycles. The Labute approximate surface area is 143 Å². The summed E-state index contributed by atoms with van der Waals surface area (Å²) in [6.07, 6.45) is 8.44. The molecule has 0 spiro atoms. The lowest BCUT2D eigenvalue weighted by Crippen LogP contribution is -2.49. The third-order valence-electron chi connectivity index (χ3n) is 4.77. The molecule has 1 aliphatic heterocycles. The van der Waals surface area contributed by atoms with Crippen LogP contribution in [0.25, 0.3) is 0 Å². The molecular formula is C18H26N4O2. The Bertz CT molecular complexity index is 579. The SMILES string of the molecule is Cc1ccc(N2CCC(NC(=O)N[C@@H]3C=C[C@H](CO)C3)CC2)nc1. The smallest absolute Gasteiger partial charge is 0.315 e. The summed E-state index contributed by atoms with van der Waals surface area (Å²) in [6, 6.07) is 4.24. The zero-order valence-corrected chi connectivity index (χ0v) is 14.1. The lowest BCUT2D eigenvalue weighted by Gasteiger charge is -2.33. The molecule has 6 heteroatoms. The number of nitrogens with zero attached hydrogens (tertiary/aromatic N) is 2. The largest absolute Gasteiger partial charge is 0.396 e. The maximum atomic E-state index is 12.1. The lowest BCUT2D eigenvalue weighted by atomic mass is 10.1. The number of hydrogen-bond acceptors (Lipinski definition) is 4. The van der Waals surface area contributed by atoms with E-state index in [9.17, 15) is 4.79 Å². The number of pyridine rings is 1. The number of carbonyl (C=O) groups is 1. The highest BCUT2D eigenvalue weighted by molar-refractivity contribution is 5.75. The van der Waals surface area contributed by atoms with E-state index < -0.39 is 0 Å². The molecule has 1 aromatic heterocycles. The summed E-state index contributed by atoms with van der Waals surface area (Å²) in [5, 5.41) is 15.2. The van der Waals surface area contributed by atoms with Gasteiger partial charge >= 0.3 is 6.03 Å². The highest BCUT2D eigenvalue weighted by Gasteiger charge is 2.24. The third kappa shape index (κ3) is 4.26. The Kier molecular flexibility index (Phi) is 5.35. The average molecular weight is 330 g/mol. The van der Waals surface area contributed by atoms with Gasteiger partial charge in [-0.2, -0.15) is 0 Å². The molecule has 2 amide bonds. The summed E-state index contributed by atoms with van der Waals surface area (Å²) in [5.74, 6) is 1.18. The molecule has 1 aliphatic carbocycles. The predicted molar refractivity (Wildman–Crippen MR) is 94.0 cm³/mol. The van der Waals surface area contributed by atoms with Crippen LogP contribution < -0.4 is 15.5 Å². The van der Waals surface area contributed by atoms with Crippen molar-refractivity contribution >= 4 is 11.8 Å². The second kappa shape index (κ2) is 7.66. The van der Waals surface area contributed by atoms with Gasteiger partial charge in [-0.25, -0.2) is 9.78 Å². The van der Waals surface area contributed by atoms with Gasteiger partial charge in [0.15, 0.2) is 0 Å². The highest BCUT2D eigenvalue weighted by Crippen LogP contribution is 2.19. The van der Waals surface area contributed by atoms with Crippen LogP contribution in [0.1, 0.15) is 24.8 Å². The van der Waals surface area contributed by atoms with E-state index in [0.717, 1.165) is 43.7 Å². The number of amides is 2. The number of piperidine rings is 1. The monoisotopic (exact) mass is 330 g/mol. The van der Waals surface area contributed by atoms with Gasteiger partial charge in [0.2, 0.25) is 0 Å². The highest BCUT2D eigenvalue weighted by atomic mass is 16.3. The number of aryl methyl sites for hydroxylation is 1. The Morgan fingerprint density at radius 2 is 2.08 bits per heavy atom. The van der Waals surface area contributed by atoms with E-state index in [0.29, 0.717) is 0 Å². The summed E-state index contributed by atoms with van der Waals surface area (Å²) in [7, 11) is 0. The molecule has 0 saturated carbocycles. The van der Waals surface area contributed by atoms with E-state index in [4.69, 9.17) is 5.11 Å². The second-order valence-corrected chi connectivity index (χ2v) is 6.74. The fourth-order valence-corrected chi connectivity index (χ4v) is 3.31. The molecule has 6 nitrogen and oxygen atoms in total. The van der Waals surface area contributed by atoms with Crippen LogP contribution in [-0.4, -0.2) is 47.9 Å². The van der Waals surface area contributed by atoms with Crippen LogP contribution in [0, 0.1) is 12.8 Å². The van der Waals surface area contributed by atoms with E-state index in [1.807, 2.05) is 25.3 Å². The van der Waals surface area contributed by atoms with E-state index >= 15 is 0 Å². The van der Waals surface area contributed by atoms with E-state index in [-0.39, 0.29) is 30.6 Å². The quantitative estimate of drug-likeness (QED) is 0.733. The summed E-state index contributed by atoms with van der Waals surface area (Å²) in [6.45, 7) is 3.98. The summed E-state index contributed by atoms with van der Waals surface area (Å²) >= 11 is 0. The Hall–Kier alpha value is -2.08. The van der Waals surface area contributed by atoms with Crippen molar-refractivity contribution in [2.45, 2.75) is 38.3 Å². The van der Waals surface area contributed by atoms with Gasteiger partial charge in [0, 0.05) is 43.9 Å². The number of carbonyl (C=O) groups excluding carboxylic acids is 1. The first-order valence-corrected chi connectivity index (χ1v) is 8.68. The third-order valence-corrected chi connectivity index (χ3v) is 4.77. The molecule has 1 fully saturated rings. The first-order valence-electron chi connectivity index (χ1n) is 8.68. The number of nitrogens with one attached hydrogen (secondary N) is 2. The van der Waals surface area contributed by atoms with Gasteiger partial charge in [-0.05, 0) is 37.8 Å². The molecule has 2 aliphatic rings. The van der Waals surface area contributed by atoms with Crippen molar-refractivity contribution in [3.8, 4) is 0 Å². The van der Waals surface area contributed by atoms with Crippen molar-refractivity contribution < 1.29 is 9.90 Å². The molecule has 2 heterocycles. The topological polar surface area (TPSA) is 77.5 Å².